The standard InChI is InChI=1S/C26H25N9O2/c27-24-25(32-37-31-24)35-22(16-34-12-6-1-7-13-34)23(29-33-35)26(36)30-28-15-21-19-10-4-2-8-17(19)14-18-9-3-5-11-20(18)21/h2-5,8-11,14-15H,1,6-7,12-13,16H2,(H2,27,31)(H,30,36)/p+1/b28-15-. The number of nitrogens with two attached hydrogens (primary N) is 1. The summed E-state index contributed by atoms with van der Waals surface area (Å²) < 4.78 is 6.19. The van der Waals surface area contributed by atoms with Crippen LogP contribution in [0.5, 0.6) is 0 Å². The summed E-state index contributed by atoms with van der Waals surface area (Å²) in [5.41, 5.74) is 10.2. The van der Waals surface area contributed by atoms with Crippen molar-refractivity contribution in [2.24, 2.45) is 5.10 Å². The third-order valence-corrected chi connectivity index (χ3v) is 6.83. The number of carbonyl (C=O) groups excluding carboxylic acids is 1. The molecule has 1 saturated heterocycles. The number of amides is 1. The zero-order chi connectivity index (χ0) is 25.2. The van der Waals surface area contributed by atoms with Gasteiger partial charge in [0.15, 0.2) is 5.69 Å². The molecule has 11 nitrogen and oxygen atoms in total. The second-order valence-corrected chi connectivity index (χ2v) is 9.19. The van der Waals surface area contributed by atoms with Crippen molar-refractivity contribution in [1.29, 1.82) is 0 Å². The molecule has 2 aromatic heterocycles. The highest BCUT2D eigenvalue weighted by molar-refractivity contribution is 6.13. The van der Waals surface area contributed by atoms with Gasteiger partial charge in [-0.15, -0.1) is 5.10 Å². The molecule has 1 fully saturated rings. The third-order valence-electron chi connectivity index (χ3n) is 6.83. The highest BCUT2D eigenvalue weighted by Crippen LogP contribution is 2.27. The van der Waals surface area contributed by atoms with Crippen LogP contribution in [0.1, 0.15) is 41.0 Å². The van der Waals surface area contributed by atoms with Gasteiger partial charge in [-0.25, -0.2) is 10.1 Å². The van der Waals surface area contributed by atoms with Crippen LogP contribution in [-0.4, -0.2) is 50.5 Å². The molecule has 186 valence electrons. The first-order valence-electron chi connectivity index (χ1n) is 12.3. The highest BCUT2D eigenvalue weighted by atomic mass is 16.6. The van der Waals surface area contributed by atoms with Gasteiger partial charge in [-0.1, -0.05) is 53.7 Å². The maximum atomic E-state index is 13.3. The van der Waals surface area contributed by atoms with E-state index in [4.69, 9.17) is 10.4 Å². The molecule has 3 aromatic carbocycles. The lowest BCUT2D eigenvalue weighted by atomic mass is 9.97. The molecule has 4 N–H and O–H groups in total. The lowest BCUT2D eigenvalue weighted by molar-refractivity contribution is -0.918. The van der Waals surface area contributed by atoms with Crippen molar-refractivity contribution in [1.82, 2.24) is 30.7 Å². The number of nitrogen functional groups attached to an aromatic ring is 1. The summed E-state index contributed by atoms with van der Waals surface area (Å²) >= 11 is 0. The molecule has 37 heavy (non-hydrogen) atoms. The van der Waals surface area contributed by atoms with Crippen LogP contribution < -0.4 is 16.1 Å². The Bertz CT molecular complexity index is 1560. The number of fused-ring (bicyclic) bond motifs is 2. The largest absolute Gasteiger partial charge is 0.378 e. The molecule has 0 atom stereocenters. The Balaban J connectivity index is 1.32. The van der Waals surface area contributed by atoms with Crippen LogP contribution in [0.25, 0.3) is 27.4 Å². The number of hydrogen-bond donors (Lipinski definition) is 3. The average molecular weight is 497 g/mol. The number of hydrogen-bond acceptors (Lipinski definition) is 8. The maximum Gasteiger partial charge on any atom is 0.294 e. The predicted molar refractivity (Wildman–Crippen MR) is 138 cm³/mol. The number of rotatable bonds is 6. The molecule has 0 radical (unpaired) electrons. The monoisotopic (exact) mass is 496 g/mol. The molecule has 0 aliphatic carbocycles. The van der Waals surface area contributed by atoms with Gasteiger partial charge in [0.1, 0.15) is 12.2 Å². The van der Waals surface area contributed by atoms with Crippen molar-refractivity contribution >= 4 is 39.5 Å². The van der Waals surface area contributed by atoms with E-state index in [9.17, 15) is 4.79 Å². The third kappa shape index (κ3) is 4.40. The summed E-state index contributed by atoms with van der Waals surface area (Å²) in [6, 6.07) is 18.4. The van der Waals surface area contributed by atoms with Crippen molar-refractivity contribution in [2.75, 3.05) is 18.8 Å². The Labute approximate surface area is 211 Å². The number of hydrazone groups is 1. The first kappa shape index (κ1) is 22.8. The van der Waals surface area contributed by atoms with Gasteiger partial charge >= 0.3 is 0 Å². The van der Waals surface area contributed by atoms with Gasteiger partial charge in [-0.05, 0) is 57.2 Å². The van der Waals surface area contributed by atoms with Crippen LogP contribution in [-0.2, 0) is 6.54 Å². The zero-order valence-electron chi connectivity index (χ0n) is 20.1. The first-order chi connectivity index (χ1) is 18.2. The average Bonchev–Trinajstić information content (AvgIpc) is 3.54. The molecule has 0 spiro atoms. The molecule has 11 heteroatoms. The molecule has 0 bridgehead atoms. The van der Waals surface area contributed by atoms with Crippen LogP contribution in [0.2, 0.25) is 0 Å². The molecule has 0 unspecified atom stereocenters. The van der Waals surface area contributed by atoms with Crippen molar-refractivity contribution in [3.8, 4) is 5.82 Å². The summed E-state index contributed by atoms with van der Waals surface area (Å²) in [7, 11) is 0. The minimum atomic E-state index is -0.464. The van der Waals surface area contributed by atoms with E-state index in [0.717, 1.165) is 53.0 Å². The Kier molecular flexibility index (Phi) is 6.03. The molecule has 1 aliphatic heterocycles. The van der Waals surface area contributed by atoms with Gasteiger partial charge < -0.3 is 10.6 Å². The summed E-state index contributed by atoms with van der Waals surface area (Å²) in [5.74, 6) is -0.176. The van der Waals surface area contributed by atoms with Crippen LogP contribution in [0.15, 0.2) is 64.3 Å². The number of piperidine rings is 1. The second-order valence-electron chi connectivity index (χ2n) is 9.19. The zero-order valence-corrected chi connectivity index (χ0v) is 20.1. The maximum absolute atomic E-state index is 13.3. The molecular formula is C26H26N9O2+. The fourth-order valence-electron chi connectivity index (χ4n) is 5.01. The van der Waals surface area contributed by atoms with Crippen LogP contribution in [0.3, 0.4) is 0 Å². The van der Waals surface area contributed by atoms with Crippen molar-refractivity contribution in [3.63, 3.8) is 0 Å². The summed E-state index contributed by atoms with van der Waals surface area (Å²) in [6.07, 6.45) is 5.17. The predicted octanol–water partition coefficient (Wildman–Crippen LogP) is 1.87. The van der Waals surface area contributed by atoms with E-state index in [1.54, 1.807) is 6.21 Å². The number of nitrogens with zero attached hydrogens (tertiary/aromatic N) is 6. The SMILES string of the molecule is Nc1nonc1-n1nnc(C(=O)N/N=C\c2c3ccccc3cc3ccccc23)c1C[NH+]1CCCCC1. The minimum absolute atomic E-state index is 0.0765. The summed E-state index contributed by atoms with van der Waals surface area (Å²) in [6.45, 7) is 2.55. The van der Waals surface area contributed by atoms with Gasteiger partial charge in [-0.3, -0.25) is 4.79 Å². The van der Waals surface area contributed by atoms with Crippen molar-refractivity contribution in [2.45, 2.75) is 25.8 Å². The van der Waals surface area contributed by atoms with Crippen molar-refractivity contribution < 1.29 is 14.3 Å². The van der Waals surface area contributed by atoms with Gasteiger partial charge in [0.05, 0.1) is 19.3 Å². The van der Waals surface area contributed by atoms with E-state index >= 15 is 0 Å². The molecular weight excluding hydrogens is 470 g/mol. The van der Waals surface area contributed by atoms with Gasteiger partial charge in [0, 0.05) is 5.56 Å². The topological polar surface area (TPSA) is 142 Å². The molecule has 1 aliphatic rings. The number of nitrogens with one attached hydrogen (secondary N) is 2. The summed E-state index contributed by atoms with van der Waals surface area (Å²) in [4.78, 5) is 14.6. The molecule has 6 rings (SSSR count). The number of quaternary nitrogens is 1. The Morgan fingerprint density at radius 2 is 1.76 bits per heavy atom. The summed E-state index contributed by atoms with van der Waals surface area (Å²) in [5, 5.41) is 24.4. The molecule has 3 heterocycles. The van der Waals surface area contributed by atoms with Gasteiger partial charge in [0.2, 0.25) is 11.6 Å². The highest BCUT2D eigenvalue weighted by Gasteiger charge is 2.28. The van der Waals surface area contributed by atoms with Crippen LogP contribution in [0.4, 0.5) is 5.82 Å². The van der Waals surface area contributed by atoms with E-state index in [1.807, 2.05) is 36.4 Å². The first-order valence-corrected chi connectivity index (χ1v) is 12.3. The number of anilines is 1. The smallest absolute Gasteiger partial charge is 0.294 e. The molecule has 1 amide bonds. The number of carbonyl (C=O) groups is 1. The van der Waals surface area contributed by atoms with Gasteiger partial charge in [-0.2, -0.15) is 9.78 Å². The lowest BCUT2D eigenvalue weighted by Crippen LogP contribution is -3.11. The normalized spacial score (nSPS) is 14.6. The number of benzene rings is 3. The van der Waals surface area contributed by atoms with E-state index in [-0.39, 0.29) is 17.3 Å². The van der Waals surface area contributed by atoms with Gasteiger partial charge in [0.25, 0.3) is 5.91 Å². The fourth-order valence-corrected chi connectivity index (χ4v) is 5.01. The number of aromatic nitrogens is 5. The lowest BCUT2D eigenvalue weighted by Gasteiger charge is -2.23. The van der Waals surface area contributed by atoms with E-state index < -0.39 is 5.91 Å². The molecule has 0 saturated carbocycles. The Morgan fingerprint density at radius 1 is 1.05 bits per heavy atom. The van der Waals surface area contributed by atoms with Crippen LogP contribution >= 0.6 is 0 Å². The van der Waals surface area contributed by atoms with E-state index in [2.05, 4.69) is 49.4 Å². The van der Waals surface area contributed by atoms with Crippen molar-refractivity contribution in [3.05, 3.63) is 71.5 Å². The van der Waals surface area contributed by atoms with E-state index in [1.165, 1.54) is 16.0 Å². The quantitative estimate of drug-likeness (QED) is 0.185. The molecule has 5 aromatic rings. The Morgan fingerprint density at radius 3 is 2.43 bits per heavy atom. The fraction of sp³-hybridized carbons (Fsp3) is 0.231. The second kappa shape index (κ2) is 9.78. The van der Waals surface area contributed by atoms with Crippen LogP contribution in [0, 0.1) is 0 Å². The Hall–Kier alpha value is -4.64. The van der Waals surface area contributed by atoms with E-state index in [0.29, 0.717) is 12.2 Å². The minimum Gasteiger partial charge on any atom is -0.378 e. The number of likely N-dealkylation sites (tertiary alicyclic amines) is 1.